The molecule has 1 aliphatic heterocycles. The lowest BCUT2D eigenvalue weighted by Gasteiger charge is -2.33. The van der Waals surface area contributed by atoms with Crippen LogP contribution in [-0.4, -0.2) is 77.2 Å². The second-order valence-electron chi connectivity index (χ2n) is 11.7. The number of amides is 1. The molecule has 8 heteroatoms. The largest absolute Gasteiger partial charge is 0.497 e. The molecule has 0 radical (unpaired) electrons. The van der Waals surface area contributed by atoms with Gasteiger partial charge in [-0.2, -0.15) is 0 Å². The Morgan fingerprint density at radius 3 is 2.32 bits per heavy atom. The van der Waals surface area contributed by atoms with Gasteiger partial charge in [-0.25, -0.2) is 4.98 Å². The molecule has 1 amide bonds. The van der Waals surface area contributed by atoms with Gasteiger partial charge in [0.15, 0.2) is 11.6 Å². The SMILES string of the molecule is CCC(=O)Cn1c(C(=O)C2CCN(CCC(CN(C)C(=O)c3ccccc3)c3ccc(OC)cc3)CC2)nc2ccccc21. The number of para-hydroxylation sites is 2. The summed E-state index contributed by atoms with van der Waals surface area (Å²) in [6, 6.07) is 25.1. The molecule has 1 fully saturated rings. The molecule has 0 bridgehead atoms. The molecular formula is C36H42N4O4. The Morgan fingerprint density at radius 2 is 1.64 bits per heavy atom. The van der Waals surface area contributed by atoms with Gasteiger partial charge in [0.2, 0.25) is 5.78 Å². The van der Waals surface area contributed by atoms with Crippen LogP contribution >= 0.6 is 0 Å². The lowest BCUT2D eigenvalue weighted by Crippen LogP contribution is -2.39. The summed E-state index contributed by atoms with van der Waals surface area (Å²) in [6.07, 6.45) is 2.81. The lowest BCUT2D eigenvalue weighted by atomic mass is 9.90. The molecule has 2 heterocycles. The van der Waals surface area contributed by atoms with Crippen molar-refractivity contribution in [3.8, 4) is 5.75 Å². The highest BCUT2D eigenvalue weighted by Gasteiger charge is 2.30. The number of hydrogen-bond donors (Lipinski definition) is 0. The fourth-order valence-electron chi connectivity index (χ4n) is 6.11. The van der Waals surface area contributed by atoms with Crippen LogP contribution in [0.25, 0.3) is 11.0 Å². The summed E-state index contributed by atoms with van der Waals surface area (Å²) in [5, 5.41) is 0. The number of Topliss-reactive ketones (excluding diaryl/α,β-unsaturated/α-hetero) is 2. The van der Waals surface area contributed by atoms with Crippen LogP contribution < -0.4 is 4.74 Å². The number of piperidine rings is 1. The quantitative estimate of drug-likeness (QED) is 0.180. The summed E-state index contributed by atoms with van der Waals surface area (Å²) >= 11 is 0. The number of imidazole rings is 1. The highest BCUT2D eigenvalue weighted by molar-refractivity contribution is 5.99. The maximum absolute atomic E-state index is 13.7. The van der Waals surface area contributed by atoms with Crippen LogP contribution in [-0.2, 0) is 11.3 Å². The van der Waals surface area contributed by atoms with E-state index in [0.717, 1.165) is 55.7 Å². The van der Waals surface area contributed by atoms with Gasteiger partial charge in [0.25, 0.3) is 5.91 Å². The number of methoxy groups -OCH3 is 1. The monoisotopic (exact) mass is 594 g/mol. The molecule has 1 aliphatic rings. The van der Waals surface area contributed by atoms with Crippen LogP contribution in [0.2, 0.25) is 0 Å². The maximum Gasteiger partial charge on any atom is 0.253 e. The summed E-state index contributed by atoms with van der Waals surface area (Å²) < 4.78 is 7.18. The first-order chi connectivity index (χ1) is 21.4. The molecule has 0 saturated carbocycles. The van der Waals surface area contributed by atoms with Crippen LogP contribution in [0.15, 0.2) is 78.9 Å². The van der Waals surface area contributed by atoms with Crippen molar-refractivity contribution in [2.45, 2.75) is 45.1 Å². The van der Waals surface area contributed by atoms with E-state index in [2.05, 4.69) is 22.0 Å². The van der Waals surface area contributed by atoms with Crippen molar-refractivity contribution in [1.29, 1.82) is 0 Å². The molecule has 0 aliphatic carbocycles. The number of ketones is 2. The van der Waals surface area contributed by atoms with Crippen molar-refractivity contribution >= 4 is 28.5 Å². The molecular weight excluding hydrogens is 552 g/mol. The summed E-state index contributed by atoms with van der Waals surface area (Å²) in [5.74, 6) is 1.36. The molecule has 1 unspecified atom stereocenters. The van der Waals surface area contributed by atoms with E-state index < -0.39 is 0 Å². The van der Waals surface area contributed by atoms with E-state index in [-0.39, 0.29) is 35.9 Å². The average Bonchev–Trinajstić information content (AvgIpc) is 3.44. The van der Waals surface area contributed by atoms with Crippen molar-refractivity contribution in [3.05, 3.63) is 95.8 Å². The van der Waals surface area contributed by atoms with E-state index in [1.807, 2.05) is 90.2 Å². The van der Waals surface area contributed by atoms with Crippen molar-refractivity contribution in [1.82, 2.24) is 19.4 Å². The van der Waals surface area contributed by atoms with Crippen molar-refractivity contribution in [2.75, 3.05) is 40.3 Å². The zero-order chi connectivity index (χ0) is 31.1. The molecule has 5 rings (SSSR count). The smallest absolute Gasteiger partial charge is 0.253 e. The first kappa shape index (κ1) is 31.1. The molecule has 1 aromatic heterocycles. The normalized spacial score (nSPS) is 14.8. The number of aromatic nitrogens is 2. The minimum absolute atomic E-state index is 0.00935. The number of fused-ring (bicyclic) bond motifs is 1. The second-order valence-corrected chi connectivity index (χ2v) is 11.7. The molecule has 8 nitrogen and oxygen atoms in total. The maximum atomic E-state index is 13.7. The standard InChI is InChI=1S/C36H42N4O4/c1-4-30(41)25-40-33-13-9-8-12-32(33)37-35(40)34(42)27-18-21-39(22-19-27)23-20-29(26-14-16-31(44-3)17-15-26)24-38(2)36(43)28-10-6-5-7-11-28/h5-17,27,29H,4,18-25H2,1-3H3. The highest BCUT2D eigenvalue weighted by atomic mass is 16.5. The number of carbonyl (C=O) groups is 3. The summed E-state index contributed by atoms with van der Waals surface area (Å²) in [5.41, 5.74) is 3.43. The van der Waals surface area contributed by atoms with E-state index in [9.17, 15) is 14.4 Å². The topological polar surface area (TPSA) is 84.7 Å². The lowest BCUT2D eigenvalue weighted by molar-refractivity contribution is -0.119. The van der Waals surface area contributed by atoms with Crippen LogP contribution in [0.1, 0.15) is 65.1 Å². The van der Waals surface area contributed by atoms with E-state index >= 15 is 0 Å². The second kappa shape index (κ2) is 14.4. The fourth-order valence-corrected chi connectivity index (χ4v) is 6.11. The number of nitrogens with zero attached hydrogens (tertiary/aromatic N) is 4. The Bertz CT molecular complexity index is 1570. The highest BCUT2D eigenvalue weighted by Crippen LogP contribution is 2.28. The minimum atomic E-state index is -0.120. The molecule has 44 heavy (non-hydrogen) atoms. The molecule has 0 N–H and O–H groups in total. The predicted octanol–water partition coefficient (Wildman–Crippen LogP) is 5.86. The van der Waals surface area contributed by atoms with Gasteiger partial charge in [0.05, 0.1) is 24.7 Å². The van der Waals surface area contributed by atoms with E-state index in [4.69, 9.17) is 4.74 Å². The molecule has 1 atom stereocenters. The van der Waals surface area contributed by atoms with Gasteiger partial charge in [-0.3, -0.25) is 14.4 Å². The van der Waals surface area contributed by atoms with Crippen molar-refractivity contribution < 1.29 is 19.1 Å². The molecule has 4 aromatic rings. The van der Waals surface area contributed by atoms with E-state index in [1.54, 1.807) is 7.11 Å². The predicted molar refractivity (Wildman–Crippen MR) is 172 cm³/mol. The van der Waals surface area contributed by atoms with Gasteiger partial charge in [-0.1, -0.05) is 49.4 Å². The molecule has 1 saturated heterocycles. The third kappa shape index (κ3) is 7.25. The first-order valence-corrected chi connectivity index (χ1v) is 15.6. The van der Waals surface area contributed by atoms with Crippen LogP contribution in [0, 0.1) is 5.92 Å². The van der Waals surface area contributed by atoms with Crippen LogP contribution in [0.4, 0.5) is 0 Å². The third-order valence-electron chi connectivity index (χ3n) is 8.80. The summed E-state index contributed by atoms with van der Waals surface area (Å²) in [7, 11) is 3.53. The fraction of sp³-hybridized carbons (Fsp3) is 0.389. The van der Waals surface area contributed by atoms with Gasteiger partial charge >= 0.3 is 0 Å². The Morgan fingerprint density at radius 1 is 0.955 bits per heavy atom. The number of likely N-dealkylation sites (N-methyl/N-ethyl adjacent to an activating group) is 1. The zero-order valence-electron chi connectivity index (χ0n) is 25.9. The number of ether oxygens (including phenoxy) is 1. The van der Waals surface area contributed by atoms with Gasteiger partial charge in [0, 0.05) is 37.4 Å². The minimum Gasteiger partial charge on any atom is -0.497 e. The molecule has 3 aromatic carbocycles. The van der Waals surface area contributed by atoms with Gasteiger partial charge in [0.1, 0.15) is 5.75 Å². The Kier molecular flexibility index (Phi) is 10.2. The summed E-state index contributed by atoms with van der Waals surface area (Å²) in [6.45, 7) is 5.12. The van der Waals surface area contributed by atoms with E-state index in [0.29, 0.717) is 24.4 Å². The Labute approximate surface area is 259 Å². The van der Waals surface area contributed by atoms with Crippen LogP contribution in [0.5, 0.6) is 5.75 Å². The third-order valence-corrected chi connectivity index (χ3v) is 8.80. The molecule has 230 valence electrons. The zero-order valence-corrected chi connectivity index (χ0v) is 25.9. The Hall–Kier alpha value is -4.30. The Balaban J connectivity index is 1.23. The molecule has 0 spiro atoms. The number of rotatable bonds is 13. The summed E-state index contributed by atoms with van der Waals surface area (Å²) in [4.78, 5) is 48.1. The number of carbonyl (C=O) groups excluding carboxylic acids is 3. The van der Waals surface area contributed by atoms with Gasteiger partial charge in [-0.15, -0.1) is 0 Å². The van der Waals surface area contributed by atoms with Gasteiger partial charge < -0.3 is 19.1 Å². The van der Waals surface area contributed by atoms with Gasteiger partial charge in [-0.05, 0) is 80.9 Å². The van der Waals surface area contributed by atoms with Crippen molar-refractivity contribution in [2.24, 2.45) is 5.92 Å². The van der Waals surface area contributed by atoms with Crippen LogP contribution in [0.3, 0.4) is 0 Å². The first-order valence-electron chi connectivity index (χ1n) is 15.6. The number of likely N-dealkylation sites (tertiary alicyclic amines) is 1. The average molecular weight is 595 g/mol. The van der Waals surface area contributed by atoms with Crippen molar-refractivity contribution in [3.63, 3.8) is 0 Å². The number of hydrogen-bond acceptors (Lipinski definition) is 6. The van der Waals surface area contributed by atoms with E-state index in [1.165, 1.54) is 5.56 Å². The number of benzene rings is 3.